The smallest absolute Gasteiger partial charge is 0.122 e. The molecule has 0 atom stereocenters. The average molecular weight is 191 g/mol. The molecule has 2 N–H and O–H groups in total. The van der Waals surface area contributed by atoms with E-state index in [2.05, 4.69) is 26.0 Å². The topological polar surface area (TPSA) is 35.2 Å². The van der Waals surface area contributed by atoms with E-state index < -0.39 is 0 Å². The summed E-state index contributed by atoms with van der Waals surface area (Å²) in [7, 11) is 1.71. The van der Waals surface area contributed by atoms with Crippen LogP contribution in [0.25, 0.3) is 0 Å². The SMILES string of the molecule is COc1cc(C)c(C2(N)CC2)cc1C. The van der Waals surface area contributed by atoms with Crippen molar-refractivity contribution in [1.82, 2.24) is 0 Å². The van der Waals surface area contributed by atoms with Gasteiger partial charge in [-0.05, 0) is 49.4 Å². The van der Waals surface area contributed by atoms with Crippen molar-refractivity contribution in [1.29, 1.82) is 0 Å². The third kappa shape index (κ3) is 1.40. The maximum absolute atomic E-state index is 6.19. The highest BCUT2D eigenvalue weighted by Gasteiger charge is 2.41. The van der Waals surface area contributed by atoms with E-state index in [0.29, 0.717) is 0 Å². The first-order chi connectivity index (χ1) is 6.57. The molecule has 1 aliphatic rings. The van der Waals surface area contributed by atoms with Crippen LogP contribution in [-0.2, 0) is 5.54 Å². The first-order valence-electron chi connectivity index (χ1n) is 5.01. The molecule has 2 rings (SSSR count). The van der Waals surface area contributed by atoms with Gasteiger partial charge in [0.15, 0.2) is 0 Å². The largest absolute Gasteiger partial charge is 0.496 e. The van der Waals surface area contributed by atoms with Crippen LogP contribution in [0.1, 0.15) is 29.5 Å². The fraction of sp³-hybridized carbons (Fsp3) is 0.500. The minimum Gasteiger partial charge on any atom is -0.496 e. The van der Waals surface area contributed by atoms with Gasteiger partial charge in [-0.15, -0.1) is 0 Å². The van der Waals surface area contributed by atoms with Crippen molar-refractivity contribution < 1.29 is 4.74 Å². The predicted molar refractivity (Wildman–Crippen MR) is 57.6 cm³/mol. The molecule has 0 aliphatic heterocycles. The maximum Gasteiger partial charge on any atom is 0.122 e. The van der Waals surface area contributed by atoms with Crippen molar-refractivity contribution in [3.63, 3.8) is 0 Å². The number of aryl methyl sites for hydroxylation is 2. The molecule has 1 fully saturated rings. The number of methoxy groups -OCH3 is 1. The fourth-order valence-corrected chi connectivity index (χ4v) is 1.95. The highest BCUT2D eigenvalue weighted by Crippen LogP contribution is 2.45. The number of benzene rings is 1. The zero-order valence-electron chi connectivity index (χ0n) is 9.05. The molecule has 1 aromatic carbocycles. The van der Waals surface area contributed by atoms with Crippen molar-refractivity contribution >= 4 is 0 Å². The summed E-state index contributed by atoms with van der Waals surface area (Å²) < 4.78 is 5.27. The van der Waals surface area contributed by atoms with Gasteiger partial charge in [-0.2, -0.15) is 0 Å². The van der Waals surface area contributed by atoms with Crippen molar-refractivity contribution in [3.8, 4) is 5.75 Å². The Labute approximate surface area is 85.1 Å². The zero-order valence-corrected chi connectivity index (χ0v) is 9.05. The molecule has 0 amide bonds. The lowest BCUT2D eigenvalue weighted by atomic mass is 9.97. The quantitative estimate of drug-likeness (QED) is 0.778. The van der Waals surface area contributed by atoms with Gasteiger partial charge in [0, 0.05) is 5.54 Å². The van der Waals surface area contributed by atoms with Gasteiger partial charge < -0.3 is 10.5 Å². The lowest BCUT2D eigenvalue weighted by molar-refractivity contribution is 0.411. The zero-order chi connectivity index (χ0) is 10.3. The van der Waals surface area contributed by atoms with Crippen molar-refractivity contribution in [3.05, 3.63) is 28.8 Å². The van der Waals surface area contributed by atoms with Gasteiger partial charge in [0.25, 0.3) is 0 Å². The Morgan fingerprint density at radius 2 is 1.86 bits per heavy atom. The van der Waals surface area contributed by atoms with Crippen LogP contribution in [0, 0.1) is 13.8 Å². The van der Waals surface area contributed by atoms with Crippen molar-refractivity contribution in [2.24, 2.45) is 5.73 Å². The molecule has 1 aliphatic carbocycles. The number of nitrogens with two attached hydrogens (primary N) is 1. The summed E-state index contributed by atoms with van der Waals surface area (Å²) in [5.41, 5.74) is 9.85. The van der Waals surface area contributed by atoms with E-state index >= 15 is 0 Å². The number of rotatable bonds is 2. The van der Waals surface area contributed by atoms with Crippen LogP contribution in [0.4, 0.5) is 0 Å². The van der Waals surface area contributed by atoms with Crippen LogP contribution in [0.5, 0.6) is 5.75 Å². The minimum atomic E-state index is -0.0406. The Hall–Kier alpha value is -1.02. The van der Waals surface area contributed by atoms with Gasteiger partial charge in [0.05, 0.1) is 7.11 Å². The van der Waals surface area contributed by atoms with Gasteiger partial charge in [-0.1, -0.05) is 6.07 Å². The second-order valence-electron chi connectivity index (χ2n) is 4.29. The van der Waals surface area contributed by atoms with Crippen LogP contribution in [0.2, 0.25) is 0 Å². The van der Waals surface area contributed by atoms with Gasteiger partial charge in [0.2, 0.25) is 0 Å². The molecule has 0 heterocycles. The van der Waals surface area contributed by atoms with E-state index in [1.165, 1.54) is 16.7 Å². The highest BCUT2D eigenvalue weighted by molar-refractivity contribution is 5.46. The maximum atomic E-state index is 6.19. The Morgan fingerprint density at radius 3 is 2.36 bits per heavy atom. The molecule has 1 saturated carbocycles. The Balaban J connectivity index is 2.48. The van der Waals surface area contributed by atoms with E-state index in [0.717, 1.165) is 18.6 Å². The summed E-state index contributed by atoms with van der Waals surface area (Å²) in [4.78, 5) is 0. The van der Waals surface area contributed by atoms with E-state index in [-0.39, 0.29) is 5.54 Å². The molecule has 76 valence electrons. The van der Waals surface area contributed by atoms with E-state index in [4.69, 9.17) is 10.5 Å². The molecule has 0 bridgehead atoms. The van der Waals surface area contributed by atoms with E-state index in [9.17, 15) is 0 Å². The summed E-state index contributed by atoms with van der Waals surface area (Å²) in [5, 5.41) is 0. The number of hydrogen-bond acceptors (Lipinski definition) is 2. The molecular formula is C12H17NO. The van der Waals surface area contributed by atoms with Gasteiger partial charge in [-0.25, -0.2) is 0 Å². The normalized spacial score (nSPS) is 18.0. The monoisotopic (exact) mass is 191 g/mol. The summed E-state index contributed by atoms with van der Waals surface area (Å²) >= 11 is 0. The van der Waals surface area contributed by atoms with Gasteiger partial charge in [0.1, 0.15) is 5.75 Å². The van der Waals surface area contributed by atoms with Gasteiger partial charge >= 0.3 is 0 Å². The summed E-state index contributed by atoms with van der Waals surface area (Å²) in [6, 6.07) is 4.25. The molecule has 14 heavy (non-hydrogen) atoms. The molecule has 0 unspecified atom stereocenters. The number of ether oxygens (including phenoxy) is 1. The van der Waals surface area contributed by atoms with Gasteiger partial charge in [-0.3, -0.25) is 0 Å². The standard InChI is InChI=1S/C12H17NO/c1-8-7-11(14-3)9(2)6-10(8)12(13)4-5-12/h6-7H,4-5,13H2,1-3H3. The molecule has 0 saturated heterocycles. The molecule has 2 heteroatoms. The molecule has 0 aromatic heterocycles. The van der Waals surface area contributed by atoms with Crippen LogP contribution < -0.4 is 10.5 Å². The Bertz CT molecular complexity index is 367. The second kappa shape index (κ2) is 2.99. The van der Waals surface area contributed by atoms with Crippen molar-refractivity contribution in [2.45, 2.75) is 32.2 Å². The molecule has 2 nitrogen and oxygen atoms in total. The summed E-state index contributed by atoms with van der Waals surface area (Å²) in [5.74, 6) is 0.954. The Kier molecular flexibility index (Phi) is 2.04. The lowest BCUT2D eigenvalue weighted by Gasteiger charge is -2.15. The molecule has 1 aromatic rings. The van der Waals surface area contributed by atoms with Crippen LogP contribution >= 0.6 is 0 Å². The van der Waals surface area contributed by atoms with Crippen LogP contribution in [0.3, 0.4) is 0 Å². The molecule has 0 spiro atoms. The lowest BCUT2D eigenvalue weighted by Crippen LogP contribution is -2.20. The minimum absolute atomic E-state index is 0.0406. The third-order valence-electron chi connectivity index (χ3n) is 3.07. The van der Waals surface area contributed by atoms with Crippen molar-refractivity contribution in [2.75, 3.05) is 7.11 Å². The average Bonchev–Trinajstić information content (AvgIpc) is 2.88. The highest BCUT2D eigenvalue weighted by atomic mass is 16.5. The summed E-state index contributed by atoms with van der Waals surface area (Å²) in [6.07, 6.45) is 2.22. The molecular weight excluding hydrogens is 174 g/mol. The summed E-state index contributed by atoms with van der Waals surface area (Å²) in [6.45, 7) is 4.16. The number of hydrogen-bond donors (Lipinski definition) is 1. The fourth-order valence-electron chi connectivity index (χ4n) is 1.95. The predicted octanol–water partition coefficient (Wildman–Crippen LogP) is 2.26. The van der Waals surface area contributed by atoms with E-state index in [1.54, 1.807) is 7.11 Å². The first kappa shape index (κ1) is 9.53. The van der Waals surface area contributed by atoms with E-state index in [1.807, 2.05) is 0 Å². The van der Waals surface area contributed by atoms with Crippen LogP contribution in [0.15, 0.2) is 12.1 Å². The Morgan fingerprint density at radius 1 is 1.21 bits per heavy atom. The van der Waals surface area contributed by atoms with Crippen LogP contribution in [-0.4, -0.2) is 7.11 Å². The first-order valence-corrected chi connectivity index (χ1v) is 5.01. The third-order valence-corrected chi connectivity index (χ3v) is 3.07. The molecule has 0 radical (unpaired) electrons. The second-order valence-corrected chi connectivity index (χ2v) is 4.29.